The molecular weight excluding hydrogens is 554 g/mol. The Bertz CT molecular complexity index is 1650. The van der Waals surface area contributed by atoms with Crippen LogP contribution in [-0.2, 0) is 18.3 Å². The van der Waals surface area contributed by atoms with Gasteiger partial charge in [-0.2, -0.15) is 15.2 Å². The lowest BCUT2D eigenvalue weighted by atomic mass is 9.63. The summed E-state index contributed by atoms with van der Waals surface area (Å²) in [5.41, 5.74) is 8.64. The van der Waals surface area contributed by atoms with Crippen molar-refractivity contribution in [2.75, 3.05) is 18.9 Å². The highest BCUT2D eigenvalue weighted by Crippen LogP contribution is 2.55. The third-order valence-electron chi connectivity index (χ3n) is 9.04. The standard InChI is InChI=1S/C30H31N7O4S/c31-12-20-24-21(42-27(20)32)6-4-10-30(24)9-3-5-19-25(37-41-26(19)30)28-35-22(39-16-29(15-38)7-1-2-8-29)11-23(36-28)40-18-13-33-17-34-14-18/h11,13-14,17,38H,1-10,15-16,32H2/t30-/m0/s1. The summed E-state index contributed by atoms with van der Waals surface area (Å²) in [6, 6.07) is 4.00. The Labute approximate surface area is 246 Å². The van der Waals surface area contributed by atoms with Crippen LogP contribution in [0.1, 0.15) is 78.7 Å². The predicted molar refractivity (Wildman–Crippen MR) is 153 cm³/mol. The maximum absolute atomic E-state index is 10.1. The number of nitrogens with two attached hydrogens (primary N) is 1. The van der Waals surface area contributed by atoms with Gasteiger partial charge in [-0.15, -0.1) is 11.3 Å². The predicted octanol–water partition coefficient (Wildman–Crippen LogP) is 5.12. The van der Waals surface area contributed by atoms with Crippen molar-refractivity contribution in [2.45, 2.75) is 69.6 Å². The normalized spacial score (nSPS) is 20.6. The molecule has 3 aliphatic carbocycles. The number of rotatable bonds is 7. The first-order valence-corrected chi connectivity index (χ1v) is 15.2. The largest absolute Gasteiger partial charge is 0.477 e. The van der Waals surface area contributed by atoms with E-state index in [1.165, 1.54) is 22.5 Å². The van der Waals surface area contributed by atoms with Crippen molar-refractivity contribution < 1.29 is 19.1 Å². The minimum atomic E-state index is -0.448. The molecule has 0 aliphatic heterocycles. The number of aliphatic hydroxyl groups excluding tert-OH is 1. The van der Waals surface area contributed by atoms with Gasteiger partial charge in [-0.05, 0) is 56.9 Å². The second-order valence-corrected chi connectivity index (χ2v) is 12.7. The van der Waals surface area contributed by atoms with E-state index in [9.17, 15) is 10.4 Å². The summed E-state index contributed by atoms with van der Waals surface area (Å²) >= 11 is 1.52. The van der Waals surface area contributed by atoms with Gasteiger partial charge >= 0.3 is 0 Å². The van der Waals surface area contributed by atoms with Crippen LogP contribution < -0.4 is 15.2 Å². The van der Waals surface area contributed by atoms with Gasteiger partial charge < -0.3 is 24.8 Å². The minimum absolute atomic E-state index is 0.0638. The van der Waals surface area contributed by atoms with Gasteiger partial charge in [0.2, 0.25) is 11.8 Å². The fourth-order valence-electron chi connectivity index (χ4n) is 7.01. The molecule has 3 N–H and O–H groups in total. The fourth-order valence-corrected chi connectivity index (χ4v) is 8.17. The van der Waals surface area contributed by atoms with Crippen molar-refractivity contribution in [3.05, 3.63) is 52.1 Å². The number of aromatic nitrogens is 5. The number of hydrogen-bond acceptors (Lipinski definition) is 12. The topological polar surface area (TPSA) is 166 Å². The zero-order chi connectivity index (χ0) is 28.7. The van der Waals surface area contributed by atoms with Crippen molar-refractivity contribution in [3.63, 3.8) is 0 Å². The second-order valence-electron chi connectivity index (χ2n) is 11.6. The molecule has 0 saturated heterocycles. The number of aliphatic hydroxyl groups is 1. The molecule has 0 bridgehead atoms. The zero-order valence-electron chi connectivity index (χ0n) is 23.1. The smallest absolute Gasteiger partial charge is 0.226 e. The molecule has 12 heteroatoms. The van der Waals surface area contributed by atoms with Gasteiger partial charge in [0.1, 0.15) is 17.4 Å². The molecule has 216 valence electrons. The third-order valence-corrected chi connectivity index (χ3v) is 10.1. The molecule has 1 atom stereocenters. The van der Waals surface area contributed by atoms with Gasteiger partial charge in [0.05, 0.1) is 42.7 Å². The average molecular weight is 586 g/mol. The van der Waals surface area contributed by atoms with Crippen LogP contribution in [0.3, 0.4) is 0 Å². The summed E-state index contributed by atoms with van der Waals surface area (Å²) in [6.07, 6.45) is 13.8. The average Bonchev–Trinajstić information content (AvgIpc) is 3.75. The highest BCUT2D eigenvalue weighted by molar-refractivity contribution is 7.16. The van der Waals surface area contributed by atoms with Crippen LogP contribution in [0.5, 0.6) is 17.5 Å². The first kappa shape index (κ1) is 26.8. The fraction of sp³-hybridized carbons (Fsp3) is 0.467. The number of aryl methyl sites for hydroxylation is 1. The maximum atomic E-state index is 10.1. The maximum Gasteiger partial charge on any atom is 0.226 e. The molecule has 1 fully saturated rings. The van der Waals surface area contributed by atoms with Gasteiger partial charge in [0.15, 0.2) is 23.0 Å². The molecular formula is C30H31N7O4S. The summed E-state index contributed by atoms with van der Waals surface area (Å²) in [4.78, 5) is 18.7. The number of nitrogen functional groups attached to an aromatic ring is 1. The van der Waals surface area contributed by atoms with E-state index in [1.54, 1.807) is 18.5 Å². The summed E-state index contributed by atoms with van der Waals surface area (Å²) in [5.74, 6) is 2.11. The Balaban J connectivity index is 1.30. The van der Waals surface area contributed by atoms with Gasteiger partial charge in [-0.25, -0.2) is 9.97 Å². The van der Waals surface area contributed by atoms with Gasteiger partial charge in [-0.1, -0.05) is 18.0 Å². The Morgan fingerprint density at radius 2 is 1.81 bits per heavy atom. The van der Waals surface area contributed by atoms with Gasteiger partial charge in [-0.3, -0.25) is 0 Å². The van der Waals surface area contributed by atoms with Gasteiger partial charge in [0.25, 0.3) is 0 Å². The van der Waals surface area contributed by atoms with E-state index < -0.39 is 5.41 Å². The van der Waals surface area contributed by atoms with Crippen LogP contribution in [0.15, 0.2) is 29.3 Å². The van der Waals surface area contributed by atoms with Crippen molar-refractivity contribution in [2.24, 2.45) is 5.41 Å². The number of thiophene rings is 1. The molecule has 0 aromatic carbocycles. The summed E-state index contributed by atoms with van der Waals surface area (Å²) in [6.45, 7) is 0.404. The summed E-state index contributed by atoms with van der Waals surface area (Å²) < 4.78 is 18.4. The van der Waals surface area contributed by atoms with Gasteiger partial charge in [0, 0.05) is 15.9 Å². The highest BCUT2D eigenvalue weighted by Gasteiger charge is 2.49. The second kappa shape index (κ2) is 10.6. The molecule has 0 amide bonds. The Kier molecular flexibility index (Phi) is 6.79. The summed E-state index contributed by atoms with van der Waals surface area (Å²) in [7, 11) is 0. The quantitative estimate of drug-likeness (QED) is 0.295. The van der Waals surface area contributed by atoms with Crippen LogP contribution in [-0.4, -0.2) is 43.4 Å². The minimum Gasteiger partial charge on any atom is -0.477 e. The molecule has 3 aliphatic rings. The Hall–Kier alpha value is -4.08. The molecule has 1 spiro atoms. The molecule has 0 unspecified atom stereocenters. The van der Waals surface area contributed by atoms with Crippen LogP contribution in [0, 0.1) is 16.7 Å². The molecule has 0 radical (unpaired) electrons. The molecule has 7 rings (SSSR count). The van der Waals surface area contributed by atoms with Crippen molar-refractivity contribution in [1.82, 2.24) is 25.1 Å². The van der Waals surface area contributed by atoms with Crippen LogP contribution >= 0.6 is 11.3 Å². The molecule has 1 saturated carbocycles. The van der Waals surface area contributed by atoms with E-state index in [0.29, 0.717) is 40.3 Å². The van der Waals surface area contributed by atoms with Crippen molar-refractivity contribution in [3.8, 4) is 35.1 Å². The van der Waals surface area contributed by atoms with Crippen LogP contribution in [0.4, 0.5) is 5.00 Å². The van der Waals surface area contributed by atoms with Crippen molar-refractivity contribution in [1.29, 1.82) is 5.26 Å². The highest BCUT2D eigenvalue weighted by atomic mass is 32.1. The molecule has 4 aromatic heterocycles. The monoisotopic (exact) mass is 585 g/mol. The zero-order valence-corrected chi connectivity index (χ0v) is 24.0. The Morgan fingerprint density at radius 1 is 1.05 bits per heavy atom. The van der Waals surface area contributed by atoms with E-state index >= 15 is 0 Å². The van der Waals surface area contributed by atoms with E-state index in [-0.39, 0.29) is 17.9 Å². The lowest BCUT2D eigenvalue weighted by Gasteiger charge is -2.39. The lowest BCUT2D eigenvalue weighted by molar-refractivity contribution is 0.0696. The number of hydrogen-bond donors (Lipinski definition) is 2. The third kappa shape index (κ3) is 4.48. The number of anilines is 1. The van der Waals surface area contributed by atoms with E-state index in [4.69, 9.17) is 29.7 Å². The molecule has 42 heavy (non-hydrogen) atoms. The lowest BCUT2D eigenvalue weighted by Crippen LogP contribution is -2.35. The number of fused-ring (bicyclic) bond motifs is 4. The van der Waals surface area contributed by atoms with Crippen LogP contribution in [0.25, 0.3) is 11.5 Å². The Morgan fingerprint density at radius 3 is 2.57 bits per heavy atom. The summed E-state index contributed by atoms with van der Waals surface area (Å²) in [5, 5.41) is 25.2. The number of nitrogens with zero attached hydrogens (tertiary/aromatic N) is 6. The van der Waals surface area contributed by atoms with E-state index in [0.717, 1.165) is 81.1 Å². The van der Waals surface area contributed by atoms with Crippen molar-refractivity contribution >= 4 is 16.3 Å². The molecule has 4 heterocycles. The number of ether oxygens (including phenoxy) is 2. The first-order valence-electron chi connectivity index (χ1n) is 14.4. The van der Waals surface area contributed by atoms with E-state index in [2.05, 4.69) is 21.2 Å². The molecule has 4 aromatic rings. The van der Waals surface area contributed by atoms with Crippen LogP contribution in [0.2, 0.25) is 0 Å². The van der Waals surface area contributed by atoms with E-state index in [1.807, 2.05) is 0 Å². The first-order chi connectivity index (χ1) is 20.5. The number of nitriles is 1. The SMILES string of the molecule is N#Cc1c(N)sc2c1[C@@]1(CCC2)CCCc2c(-c3nc(OCC4(CO)CCCC4)cc(Oc4cncnc4)n3)noc21. The molecule has 11 nitrogen and oxygen atoms in total.